The molecule has 0 aromatic heterocycles. The fourth-order valence-electron chi connectivity index (χ4n) is 1.97. The van der Waals surface area contributed by atoms with Gasteiger partial charge in [-0.2, -0.15) is 0 Å². The zero-order valence-corrected chi connectivity index (χ0v) is 10.8. The number of aliphatic hydroxyl groups excluding tert-OH is 1. The van der Waals surface area contributed by atoms with Crippen LogP contribution in [0.5, 0.6) is 0 Å². The van der Waals surface area contributed by atoms with E-state index in [-0.39, 0.29) is 24.3 Å². The molecule has 0 aliphatic heterocycles. The number of hydrogen-bond donors (Lipinski definition) is 1. The summed E-state index contributed by atoms with van der Waals surface area (Å²) in [6, 6.07) is 9.81. The van der Waals surface area contributed by atoms with Crippen LogP contribution in [0.15, 0.2) is 30.3 Å². The van der Waals surface area contributed by atoms with E-state index in [1.54, 1.807) is 11.9 Å². The third kappa shape index (κ3) is 3.56. The van der Waals surface area contributed by atoms with Gasteiger partial charge in [-0.1, -0.05) is 44.2 Å². The Balaban J connectivity index is 2.91. The van der Waals surface area contributed by atoms with Gasteiger partial charge in [-0.25, -0.2) is 0 Å². The summed E-state index contributed by atoms with van der Waals surface area (Å²) in [4.78, 5) is 13.9. The van der Waals surface area contributed by atoms with Crippen molar-refractivity contribution in [1.82, 2.24) is 4.90 Å². The molecule has 1 atom stereocenters. The Hall–Kier alpha value is -1.35. The molecule has 0 saturated heterocycles. The van der Waals surface area contributed by atoms with E-state index in [9.17, 15) is 4.79 Å². The van der Waals surface area contributed by atoms with Crippen molar-refractivity contribution >= 4 is 5.91 Å². The second-order valence-corrected chi connectivity index (χ2v) is 4.62. The molecule has 0 spiro atoms. The lowest BCUT2D eigenvalue weighted by Crippen LogP contribution is -2.35. The molecule has 17 heavy (non-hydrogen) atoms. The number of carbonyl (C=O) groups is 1. The van der Waals surface area contributed by atoms with Crippen molar-refractivity contribution < 1.29 is 9.90 Å². The van der Waals surface area contributed by atoms with Crippen molar-refractivity contribution in [1.29, 1.82) is 0 Å². The summed E-state index contributed by atoms with van der Waals surface area (Å²) < 4.78 is 0. The van der Waals surface area contributed by atoms with E-state index in [1.807, 2.05) is 44.2 Å². The number of hydrogen-bond acceptors (Lipinski definition) is 2. The van der Waals surface area contributed by atoms with E-state index in [0.717, 1.165) is 5.56 Å². The minimum atomic E-state index is -0.132. The fourth-order valence-corrected chi connectivity index (χ4v) is 1.97. The van der Waals surface area contributed by atoms with Crippen LogP contribution in [0, 0.1) is 5.92 Å². The Morgan fingerprint density at radius 2 is 1.88 bits per heavy atom. The van der Waals surface area contributed by atoms with Crippen LogP contribution >= 0.6 is 0 Å². The Morgan fingerprint density at radius 3 is 2.35 bits per heavy atom. The van der Waals surface area contributed by atoms with Crippen LogP contribution < -0.4 is 0 Å². The highest BCUT2D eigenvalue weighted by molar-refractivity contribution is 5.83. The molecule has 0 aliphatic carbocycles. The molecule has 0 bridgehead atoms. The van der Waals surface area contributed by atoms with Gasteiger partial charge in [0.2, 0.25) is 5.91 Å². The van der Waals surface area contributed by atoms with E-state index >= 15 is 0 Å². The number of benzene rings is 1. The Kier molecular flexibility index (Phi) is 5.16. The summed E-state index contributed by atoms with van der Waals surface area (Å²) in [6.07, 6.45) is 0. The number of likely N-dealkylation sites (N-methyl/N-ethyl adjacent to an activating group) is 1. The molecule has 1 aromatic rings. The first-order chi connectivity index (χ1) is 8.07. The van der Waals surface area contributed by atoms with Crippen LogP contribution in [0.25, 0.3) is 0 Å². The smallest absolute Gasteiger partial charge is 0.230 e. The van der Waals surface area contributed by atoms with Crippen molar-refractivity contribution in [3.8, 4) is 0 Å². The lowest BCUT2D eigenvalue weighted by Gasteiger charge is -2.26. The third-order valence-corrected chi connectivity index (χ3v) is 2.90. The predicted octanol–water partition coefficient (Wildman–Crippen LogP) is 1.88. The second-order valence-electron chi connectivity index (χ2n) is 4.62. The topological polar surface area (TPSA) is 40.5 Å². The molecule has 1 unspecified atom stereocenters. The highest BCUT2D eigenvalue weighted by atomic mass is 16.3. The second kappa shape index (κ2) is 6.40. The van der Waals surface area contributed by atoms with Crippen molar-refractivity contribution in [3.05, 3.63) is 35.9 Å². The van der Waals surface area contributed by atoms with Crippen molar-refractivity contribution in [2.75, 3.05) is 20.2 Å². The SMILES string of the molecule is CC(C)C(C(=O)N(C)CCO)c1ccccc1. The predicted molar refractivity (Wildman–Crippen MR) is 68.7 cm³/mol. The molecule has 0 aliphatic rings. The maximum Gasteiger partial charge on any atom is 0.230 e. The third-order valence-electron chi connectivity index (χ3n) is 2.90. The van der Waals surface area contributed by atoms with E-state index in [2.05, 4.69) is 0 Å². The van der Waals surface area contributed by atoms with Crippen LogP contribution in [-0.4, -0.2) is 36.1 Å². The average Bonchev–Trinajstić information content (AvgIpc) is 2.30. The zero-order chi connectivity index (χ0) is 12.8. The normalized spacial score (nSPS) is 12.5. The molecule has 1 N–H and O–H groups in total. The highest BCUT2D eigenvalue weighted by Crippen LogP contribution is 2.26. The summed E-state index contributed by atoms with van der Waals surface area (Å²) in [5, 5.41) is 8.88. The van der Waals surface area contributed by atoms with E-state index in [0.29, 0.717) is 6.54 Å². The summed E-state index contributed by atoms with van der Waals surface area (Å²) in [5.41, 5.74) is 1.04. The van der Waals surface area contributed by atoms with E-state index in [4.69, 9.17) is 5.11 Å². The van der Waals surface area contributed by atoms with Gasteiger partial charge in [0.15, 0.2) is 0 Å². The molecule has 0 fully saturated rings. The molecule has 1 aromatic carbocycles. The number of aliphatic hydroxyl groups is 1. The number of nitrogens with zero attached hydrogens (tertiary/aromatic N) is 1. The molecule has 3 heteroatoms. The van der Waals surface area contributed by atoms with Crippen LogP contribution in [-0.2, 0) is 4.79 Å². The molecular formula is C14H21NO2. The largest absolute Gasteiger partial charge is 0.395 e. The molecule has 1 rings (SSSR count). The molecule has 0 radical (unpaired) electrons. The van der Waals surface area contributed by atoms with Crippen molar-refractivity contribution in [2.24, 2.45) is 5.92 Å². The van der Waals surface area contributed by atoms with Crippen LogP contribution in [0.3, 0.4) is 0 Å². The van der Waals surface area contributed by atoms with Crippen LogP contribution in [0.1, 0.15) is 25.3 Å². The first kappa shape index (κ1) is 13.7. The molecule has 94 valence electrons. The van der Waals surface area contributed by atoms with Gasteiger partial charge in [0.25, 0.3) is 0 Å². The van der Waals surface area contributed by atoms with Gasteiger partial charge < -0.3 is 10.0 Å². The molecular weight excluding hydrogens is 214 g/mol. The van der Waals surface area contributed by atoms with Gasteiger partial charge in [-0.3, -0.25) is 4.79 Å². The molecule has 1 amide bonds. The average molecular weight is 235 g/mol. The number of rotatable bonds is 5. The Morgan fingerprint density at radius 1 is 1.29 bits per heavy atom. The number of amides is 1. The first-order valence-electron chi connectivity index (χ1n) is 5.98. The minimum Gasteiger partial charge on any atom is -0.395 e. The van der Waals surface area contributed by atoms with Gasteiger partial charge in [-0.05, 0) is 11.5 Å². The van der Waals surface area contributed by atoms with Crippen LogP contribution in [0.2, 0.25) is 0 Å². The lowest BCUT2D eigenvalue weighted by atomic mass is 9.87. The standard InChI is InChI=1S/C14H21NO2/c1-11(2)13(12-7-5-4-6-8-12)14(17)15(3)9-10-16/h4-8,11,13,16H,9-10H2,1-3H3. The Bertz CT molecular complexity index is 348. The molecule has 0 saturated carbocycles. The van der Waals surface area contributed by atoms with E-state index < -0.39 is 0 Å². The van der Waals surface area contributed by atoms with Gasteiger partial charge in [0.1, 0.15) is 0 Å². The summed E-state index contributed by atoms with van der Waals surface area (Å²) in [5.74, 6) is 0.180. The molecule has 3 nitrogen and oxygen atoms in total. The highest BCUT2D eigenvalue weighted by Gasteiger charge is 2.26. The van der Waals surface area contributed by atoms with Gasteiger partial charge >= 0.3 is 0 Å². The van der Waals surface area contributed by atoms with E-state index in [1.165, 1.54) is 0 Å². The van der Waals surface area contributed by atoms with Gasteiger partial charge in [-0.15, -0.1) is 0 Å². The van der Waals surface area contributed by atoms with Crippen molar-refractivity contribution in [2.45, 2.75) is 19.8 Å². The monoisotopic (exact) mass is 235 g/mol. The molecule has 0 heterocycles. The van der Waals surface area contributed by atoms with Gasteiger partial charge in [0.05, 0.1) is 12.5 Å². The van der Waals surface area contributed by atoms with Crippen LogP contribution in [0.4, 0.5) is 0 Å². The fraction of sp³-hybridized carbons (Fsp3) is 0.500. The summed E-state index contributed by atoms with van der Waals surface area (Å²) in [6.45, 7) is 4.47. The zero-order valence-electron chi connectivity index (χ0n) is 10.8. The Labute approximate surface area is 103 Å². The summed E-state index contributed by atoms with van der Waals surface area (Å²) >= 11 is 0. The maximum atomic E-state index is 12.3. The summed E-state index contributed by atoms with van der Waals surface area (Å²) in [7, 11) is 1.73. The minimum absolute atomic E-state index is 0.00183. The van der Waals surface area contributed by atoms with Gasteiger partial charge in [0, 0.05) is 13.6 Å². The lowest BCUT2D eigenvalue weighted by molar-refractivity contribution is -0.133. The quantitative estimate of drug-likeness (QED) is 0.846. The van der Waals surface area contributed by atoms with Crippen molar-refractivity contribution in [3.63, 3.8) is 0 Å². The maximum absolute atomic E-state index is 12.3. The first-order valence-corrected chi connectivity index (χ1v) is 5.98. The number of carbonyl (C=O) groups excluding carboxylic acids is 1.